The molecule has 0 spiro atoms. The number of aromatic amines is 1. The summed E-state index contributed by atoms with van der Waals surface area (Å²) >= 11 is 0. The maximum Gasteiger partial charge on any atom is 0.0645 e. The van der Waals surface area contributed by atoms with E-state index in [0.29, 0.717) is 0 Å². The Labute approximate surface area is 65.3 Å². The highest BCUT2D eigenvalue weighted by Gasteiger charge is 2.00. The van der Waals surface area contributed by atoms with E-state index < -0.39 is 0 Å². The van der Waals surface area contributed by atoms with Crippen molar-refractivity contribution >= 4 is 10.9 Å². The van der Waals surface area contributed by atoms with E-state index in [9.17, 15) is 0 Å². The molecule has 0 aromatic carbocycles. The largest absolute Gasteiger partial charge is 0.360 e. The second-order valence-electron chi connectivity index (χ2n) is 2.85. The SMILES string of the molecule is Cc1cncc2[nH]cc(C)c12. The first-order valence-corrected chi connectivity index (χ1v) is 3.67. The zero-order chi connectivity index (χ0) is 7.84. The molecule has 2 rings (SSSR count). The lowest BCUT2D eigenvalue weighted by atomic mass is 10.1. The molecule has 2 aromatic heterocycles. The summed E-state index contributed by atoms with van der Waals surface area (Å²) in [6.07, 6.45) is 5.76. The zero-order valence-electron chi connectivity index (χ0n) is 6.68. The standard InChI is InChI=1S/C9H10N2/c1-6-3-10-5-8-9(6)7(2)4-11-8/h3-5,11H,1-2H3. The van der Waals surface area contributed by atoms with Crippen molar-refractivity contribution in [2.75, 3.05) is 0 Å². The summed E-state index contributed by atoms with van der Waals surface area (Å²) in [6.45, 7) is 4.18. The van der Waals surface area contributed by atoms with Crippen LogP contribution in [0.25, 0.3) is 10.9 Å². The molecule has 0 unspecified atom stereocenters. The van der Waals surface area contributed by atoms with Gasteiger partial charge in [0.15, 0.2) is 0 Å². The Bertz CT molecular complexity index is 387. The predicted molar refractivity (Wildman–Crippen MR) is 45.6 cm³/mol. The Balaban J connectivity index is 2.96. The molecule has 11 heavy (non-hydrogen) atoms. The number of rotatable bonds is 0. The molecule has 0 aliphatic heterocycles. The minimum atomic E-state index is 1.13. The van der Waals surface area contributed by atoms with Gasteiger partial charge in [-0.05, 0) is 25.0 Å². The van der Waals surface area contributed by atoms with Crippen LogP contribution in [0.5, 0.6) is 0 Å². The van der Waals surface area contributed by atoms with E-state index in [1.807, 2.05) is 18.6 Å². The van der Waals surface area contributed by atoms with Crippen molar-refractivity contribution < 1.29 is 0 Å². The second-order valence-corrected chi connectivity index (χ2v) is 2.85. The molecule has 2 aromatic rings. The van der Waals surface area contributed by atoms with Gasteiger partial charge in [-0.1, -0.05) is 0 Å². The molecule has 0 radical (unpaired) electrons. The van der Waals surface area contributed by atoms with Gasteiger partial charge in [0.1, 0.15) is 0 Å². The van der Waals surface area contributed by atoms with Gasteiger partial charge in [0.2, 0.25) is 0 Å². The molecule has 0 bridgehead atoms. The smallest absolute Gasteiger partial charge is 0.0645 e. The van der Waals surface area contributed by atoms with Crippen LogP contribution >= 0.6 is 0 Å². The molecule has 0 saturated heterocycles. The van der Waals surface area contributed by atoms with Crippen LogP contribution in [0.1, 0.15) is 11.1 Å². The van der Waals surface area contributed by atoms with Crippen LogP contribution in [0, 0.1) is 13.8 Å². The number of fused-ring (bicyclic) bond motifs is 1. The van der Waals surface area contributed by atoms with Crippen LogP contribution in [-0.4, -0.2) is 9.97 Å². The van der Waals surface area contributed by atoms with Crippen molar-refractivity contribution in [2.24, 2.45) is 0 Å². The predicted octanol–water partition coefficient (Wildman–Crippen LogP) is 2.18. The van der Waals surface area contributed by atoms with Gasteiger partial charge in [-0.2, -0.15) is 0 Å². The molecule has 0 saturated carbocycles. The van der Waals surface area contributed by atoms with Crippen molar-refractivity contribution in [2.45, 2.75) is 13.8 Å². The number of hydrogen-bond donors (Lipinski definition) is 1. The molecule has 0 aliphatic rings. The van der Waals surface area contributed by atoms with Gasteiger partial charge in [-0.3, -0.25) is 4.98 Å². The average Bonchev–Trinajstić information content (AvgIpc) is 2.34. The highest BCUT2D eigenvalue weighted by atomic mass is 14.7. The highest BCUT2D eigenvalue weighted by Crippen LogP contribution is 2.19. The van der Waals surface area contributed by atoms with Crippen molar-refractivity contribution in [3.05, 3.63) is 29.7 Å². The second kappa shape index (κ2) is 2.09. The first-order valence-electron chi connectivity index (χ1n) is 3.67. The first-order chi connectivity index (χ1) is 5.29. The third-order valence-electron chi connectivity index (χ3n) is 1.97. The summed E-state index contributed by atoms with van der Waals surface area (Å²) < 4.78 is 0. The Morgan fingerprint density at radius 3 is 2.73 bits per heavy atom. The third kappa shape index (κ3) is 0.827. The van der Waals surface area contributed by atoms with Crippen LogP contribution in [0.4, 0.5) is 0 Å². The fourth-order valence-corrected chi connectivity index (χ4v) is 1.46. The van der Waals surface area contributed by atoms with E-state index in [0.717, 1.165) is 5.52 Å². The van der Waals surface area contributed by atoms with E-state index in [2.05, 4.69) is 23.8 Å². The maximum absolute atomic E-state index is 4.09. The van der Waals surface area contributed by atoms with E-state index in [4.69, 9.17) is 0 Å². The Morgan fingerprint density at radius 2 is 2.00 bits per heavy atom. The van der Waals surface area contributed by atoms with Gasteiger partial charge >= 0.3 is 0 Å². The molecule has 2 heterocycles. The fraction of sp³-hybridized carbons (Fsp3) is 0.222. The van der Waals surface area contributed by atoms with Crippen LogP contribution in [0.3, 0.4) is 0 Å². The average molecular weight is 146 g/mol. The van der Waals surface area contributed by atoms with Crippen molar-refractivity contribution in [3.63, 3.8) is 0 Å². The number of hydrogen-bond acceptors (Lipinski definition) is 1. The van der Waals surface area contributed by atoms with E-state index in [-0.39, 0.29) is 0 Å². The molecule has 0 amide bonds. The summed E-state index contributed by atoms with van der Waals surface area (Å²) in [5.41, 5.74) is 3.66. The number of aryl methyl sites for hydroxylation is 2. The van der Waals surface area contributed by atoms with Crippen LogP contribution < -0.4 is 0 Å². The zero-order valence-corrected chi connectivity index (χ0v) is 6.68. The number of pyridine rings is 1. The molecule has 0 aliphatic carbocycles. The number of aromatic nitrogens is 2. The van der Waals surface area contributed by atoms with Gasteiger partial charge in [0, 0.05) is 17.8 Å². The fourth-order valence-electron chi connectivity index (χ4n) is 1.46. The summed E-state index contributed by atoms with van der Waals surface area (Å²) in [6, 6.07) is 0. The molecule has 0 fully saturated rings. The molecular formula is C9H10N2. The van der Waals surface area contributed by atoms with Crippen LogP contribution in [-0.2, 0) is 0 Å². The van der Waals surface area contributed by atoms with Crippen LogP contribution in [0.2, 0.25) is 0 Å². The lowest BCUT2D eigenvalue weighted by Gasteiger charge is -1.94. The lowest BCUT2D eigenvalue weighted by Crippen LogP contribution is -1.78. The summed E-state index contributed by atoms with van der Waals surface area (Å²) in [5.74, 6) is 0. The van der Waals surface area contributed by atoms with E-state index in [1.165, 1.54) is 16.5 Å². The topological polar surface area (TPSA) is 28.7 Å². The molecule has 56 valence electrons. The maximum atomic E-state index is 4.09. The highest BCUT2D eigenvalue weighted by molar-refractivity contribution is 5.85. The Hall–Kier alpha value is -1.31. The molecular weight excluding hydrogens is 136 g/mol. The van der Waals surface area contributed by atoms with E-state index in [1.54, 1.807) is 0 Å². The third-order valence-corrected chi connectivity index (χ3v) is 1.97. The quantitative estimate of drug-likeness (QED) is 0.606. The molecule has 1 N–H and O–H groups in total. The Kier molecular flexibility index (Phi) is 1.22. The van der Waals surface area contributed by atoms with E-state index >= 15 is 0 Å². The van der Waals surface area contributed by atoms with Crippen molar-refractivity contribution in [1.82, 2.24) is 9.97 Å². The normalized spacial score (nSPS) is 10.7. The Morgan fingerprint density at radius 1 is 1.18 bits per heavy atom. The first kappa shape index (κ1) is 6.40. The van der Waals surface area contributed by atoms with Gasteiger partial charge < -0.3 is 4.98 Å². The van der Waals surface area contributed by atoms with Crippen molar-refractivity contribution in [3.8, 4) is 0 Å². The number of H-pyrrole nitrogens is 1. The summed E-state index contributed by atoms with van der Waals surface area (Å²) in [7, 11) is 0. The van der Waals surface area contributed by atoms with Crippen molar-refractivity contribution in [1.29, 1.82) is 0 Å². The van der Waals surface area contributed by atoms with Crippen LogP contribution in [0.15, 0.2) is 18.6 Å². The van der Waals surface area contributed by atoms with Gasteiger partial charge in [-0.25, -0.2) is 0 Å². The minimum absolute atomic E-state index is 1.13. The monoisotopic (exact) mass is 146 g/mol. The van der Waals surface area contributed by atoms with Gasteiger partial charge in [0.25, 0.3) is 0 Å². The molecule has 0 atom stereocenters. The van der Waals surface area contributed by atoms with Gasteiger partial charge in [0.05, 0.1) is 11.7 Å². The molecule has 2 nitrogen and oxygen atoms in total. The molecule has 2 heteroatoms. The lowest BCUT2D eigenvalue weighted by molar-refractivity contribution is 1.29. The summed E-state index contributed by atoms with van der Waals surface area (Å²) in [4.78, 5) is 7.26. The summed E-state index contributed by atoms with van der Waals surface area (Å²) in [5, 5.41) is 1.31. The number of nitrogens with zero attached hydrogens (tertiary/aromatic N) is 1. The minimum Gasteiger partial charge on any atom is -0.360 e. The van der Waals surface area contributed by atoms with Gasteiger partial charge in [-0.15, -0.1) is 0 Å². The number of nitrogens with one attached hydrogen (secondary N) is 1.